The highest BCUT2D eigenvalue weighted by Crippen LogP contribution is 2.20. The lowest BCUT2D eigenvalue weighted by molar-refractivity contribution is 0.0380. The minimum absolute atomic E-state index is 0.187. The number of ether oxygens (including phenoxy) is 1. The standard InChI is InChI=1S/C16H20N2O4/c1-11-13(16(20)18(2)9-12(19)10-21-3)6-7-14(17-11)15-5-4-8-22-15/h4-8,12,19H,9-10H2,1-3H3. The van der Waals surface area contributed by atoms with Crippen molar-refractivity contribution in [1.29, 1.82) is 0 Å². The number of aliphatic hydroxyl groups is 1. The summed E-state index contributed by atoms with van der Waals surface area (Å²) in [6.45, 7) is 2.16. The fraction of sp³-hybridized carbons (Fsp3) is 0.375. The molecule has 0 aromatic carbocycles. The molecule has 22 heavy (non-hydrogen) atoms. The summed E-state index contributed by atoms with van der Waals surface area (Å²) in [6.07, 6.45) is 0.866. The molecular weight excluding hydrogens is 284 g/mol. The van der Waals surface area contributed by atoms with Gasteiger partial charge in [-0.25, -0.2) is 4.98 Å². The van der Waals surface area contributed by atoms with Gasteiger partial charge in [0.15, 0.2) is 5.76 Å². The van der Waals surface area contributed by atoms with Crippen LogP contribution in [0.15, 0.2) is 34.9 Å². The Kier molecular flexibility index (Phi) is 5.30. The molecule has 1 N–H and O–H groups in total. The van der Waals surface area contributed by atoms with E-state index in [1.54, 1.807) is 38.4 Å². The normalized spacial score (nSPS) is 12.2. The van der Waals surface area contributed by atoms with Gasteiger partial charge >= 0.3 is 0 Å². The van der Waals surface area contributed by atoms with Crippen molar-refractivity contribution < 1.29 is 19.1 Å². The number of aryl methyl sites for hydroxylation is 1. The number of nitrogens with zero attached hydrogens (tertiary/aromatic N) is 2. The molecule has 0 aliphatic carbocycles. The van der Waals surface area contributed by atoms with E-state index in [9.17, 15) is 9.90 Å². The van der Waals surface area contributed by atoms with Crippen LogP contribution in [-0.4, -0.2) is 54.3 Å². The van der Waals surface area contributed by atoms with Crippen molar-refractivity contribution in [2.75, 3.05) is 27.3 Å². The van der Waals surface area contributed by atoms with Crippen molar-refractivity contribution in [3.63, 3.8) is 0 Å². The number of hydrogen-bond donors (Lipinski definition) is 1. The Bertz CT molecular complexity index is 625. The van der Waals surface area contributed by atoms with Gasteiger partial charge < -0.3 is 19.2 Å². The van der Waals surface area contributed by atoms with Crippen LogP contribution in [0.1, 0.15) is 16.1 Å². The second kappa shape index (κ2) is 7.20. The summed E-state index contributed by atoms with van der Waals surface area (Å²) in [5.74, 6) is 0.470. The zero-order valence-corrected chi connectivity index (χ0v) is 12.9. The molecule has 2 aromatic heterocycles. The van der Waals surface area contributed by atoms with E-state index >= 15 is 0 Å². The first-order valence-electron chi connectivity index (χ1n) is 6.97. The average Bonchev–Trinajstić information content (AvgIpc) is 3.00. The molecule has 0 aliphatic heterocycles. The molecule has 118 valence electrons. The van der Waals surface area contributed by atoms with E-state index in [-0.39, 0.29) is 19.1 Å². The van der Waals surface area contributed by atoms with Crippen LogP contribution in [0.25, 0.3) is 11.5 Å². The molecular formula is C16H20N2O4. The Balaban J connectivity index is 2.13. The lowest BCUT2D eigenvalue weighted by Crippen LogP contribution is -2.36. The maximum absolute atomic E-state index is 12.4. The first kappa shape index (κ1) is 16.2. The molecule has 0 fully saturated rings. The van der Waals surface area contributed by atoms with Gasteiger partial charge in [0, 0.05) is 20.7 Å². The SMILES string of the molecule is COCC(O)CN(C)C(=O)c1ccc(-c2ccco2)nc1C. The minimum atomic E-state index is -0.713. The van der Waals surface area contributed by atoms with Crippen molar-refractivity contribution in [3.8, 4) is 11.5 Å². The average molecular weight is 304 g/mol. The molecule has 0 saturated carbocycles. The van der Waals surface area contributed by atoms with Gasteiger partial charge in [-0.15, -0.1) is 0 Å². The molecule has 2 heterocycles. The van der Waals surface area contributed by atoms with Crippen molar-refractivity contribution in [1.82, 2.24) is 9.88 Å². The monoisotopic (exact) mass is 304 g/mol. The summed E-state index contributed by atoms with van der Waals surface area (Å²) < 4.78 is 10.2. The second-order valence-corrected chi connectivity index (χ2v) is 5.10. The summed E-state index contributed by atoms with van der Waals surface area (Å²) in [5.41, 5.74) is 1.80. The highest BCUT2D eigenvalue weighted by Gasteiger charge is 2.18. The van der Waals surface area contributed by atoms with Crippen LogP contribution in [-0.2, 0) is 4.74 Å². The van der Waals surface area contributed by atoms with E-state index in [0.717, 1.165) is 0 Å². The van der Waals surface area contributed by atoms with E-state index in [4.69, 9.17) is 9.15 Å². The highest BCUT2D eigenvalue weighted by atomic mass is 16.5. The van der Waals surface area contributed by atoms with Gasteiger partial charge in [0.05, 0.1) is 30.2 Å². The largest absolute Gasteiger partial charge is 0.463 e. The number of carbonyl (C=O) groups excluding carboxylic acids is 1. The third-order valence-corrected chi connectivity index (χ3v) is 3.28. The van der Waals surface area contributed by atoms with Gasteiger partial charge in [-0.05, 0) is 31.2 Å². The van der Waals surface area contributed by atoms with Gasteiger partial charge in [0.2, 0.25) is 0 Å². The molecule has 0 radical (unpaired) electrons. The molecule has 1 unspecified atom stereocenters. The molecule has 1 atom stereocenters. The quantitative estimate of drug-likeness (QED) is 0.879. The fourth-order valence-corrected chi connectivity index (χ4v) is 2.20. The van der Waals surface area contributed by atoms with Gasteiger partial charge in [0.25, 0.3) is 5.91 Å². The van der Waals surface area contributed by atoms with E-state index in [1.807, 2.05) is 6.07 Å². The van der Waals surface area contributed by atoms with Crippen LogP contribution < -0.4 is 0 Å². The summed E-state index contributed by atoms with van der Waals surface area (Å²) >= 11 is 0. The fourth-order valence-electron chi connectivity index (χ4n) is 2.20. The predicted octanol–water partition coefficient (Wildman–Crippen LogP) is 1.73. The number of pyridine rings is 1. The van der Waals surface area contributed by atoms with Gasteiger partial charge in [-0.2, -0.15) is 0 Å². The lowest BCUT2D eigenvalue weighted by Gasteiger charge is -2.21. The Hall–Kier alpha value is -2.18. The third kappa shape index (κ3) is 3.72. The summed E-state index contributed by atoms with van der Waals surface area (Å²) in [7, 11) is 3.15. The van der Waals surface area contributed by atoms with Crippen LogP contribution in [0.2, 0.25) is 0 Å². The number of aromatic nitrogens is 1. The molecule has 2 rings (SSSR count). The number of carbonyl (C=O) groups is 1. The summed E-state index contributed by atoms with van der Waals surface area (Å²) in [4.78, 5) is 18.3. The Labute approximate surface area is 129 Å². The third-order valence-electron chi connectivity index (χ3n) is 3.28. The van der Waals surface area contributed by atoms with Crippen LogP contribution in [0.3, 0.4) is 0 Å². The topological polar surface area (TPSA) is 75.8 Å². The first-order chi connectivity index (χ1) is 10.5. The molecule has 2 aromatic rings. The maximum atomic E-state index is 12.4. The van der Waals surface area contributed by atoms with Crippen LogP contribution in [0, 0.1) is 6.92 Å². The molecule has 1 amide bonds. The molecule has 0 bridgehead atoms. The molecule has 0 spiro atoms. The molecule has 6 heteroatoms. The number of likely N-dealkylation sites (N-methyl/N-ethyl adjacent to an activating group) is 1. The number of aliphatic hydroxyl groups excluding tert-OH is 1. The highest BCUT2D eigenvalue weighted by molar-refractivity contribution is 5.95. The van der Waals surface area contributed by atoms with Crippen molar-refractivity contribution in [2.45, 2.75) is 13.0 Å². The smallest absolute Gasteiger partial charge is 0.255 e. The van der Waals surface area contributed by atoms with Crippen LogP contribution in [0.5, 0.6) is 0 Å². The number of furan rings is 1. The van der Waals surface area contributed by atoms with E-state index < -0.39 is 6.10 Å². The lowest BCUT2D eigenvalue weighted by atomic mass is 10.1. The zero-order valence-electron chi connectivity index (χ0n) is 12.9. The number of rotatable bonds is 6. The van der Waals surface area contributed by atoms with Crippen molar-refractivity contribution in [2.24, 2.45) is 0 Å². The zero-order chi connectivity index (χ0) is 16.1. The Morgan fingerprint density at radius 3 is 2.82 bits per heavy atom. The summed E-state index contributed by atoms with van der Waals surface area (Å²) in [5, 5.41) is 9.71. The first-order valence-corrected chi connectivity index (χ1v) is 6.97. The van der Waals surface area contributed by atoms with Gasteiger partial charge in [-0.3, -0.25) is 4.79 Å². The van der Waals surface area contributed by atoms with E-state index in [0.29, 0.717) is 22.7 Å². The van der Waals surface area contributed by atoms with Crippen molar-refractivity contribution in [3.05, 3.63) is 41.8 Å². The maximum Gasteiger partial charge on any atom is 0.255 e. The van der Waals surface area contributed by atoms with Crippen LogP contribution >= 0.6 is 0 Å². The van der Waals surface area contributed by atoms with Gasteiger partial charge in [0.1, 0.15) is 5.69 Å². The predicted molar refractivity (Wildman–Crippen MR) is 81.5 cm³/mol. The second-order valence-electron chi connectivity index (χ2n) is 5.10. The van der Waals surface area contributed by atoms with Crippen LogP contribution in [0.4, 0.5) is 0 Å². The van der Waals surface area contributed by atoms with E-state index in [2.05, 4.69) is 4.98 Å². The number of amides is 1. The molecule has 0 saturated heterocycles. The van der Waals surface area contributed by atoms with Crippen molar-refractivity contribution >= 4 is 5.91 Å². The molecule has 6 nitrogen and oxygen atoms in total. The summed E-state index contributed by atoms with van der Waals surface area (Å²) in [6, 6.07) is 7.08. The van der Waals surface area contributed by atoms with Gasteiger partial charge in [-0.1, -0.05) is 0 Å². The Morgan fingerprint density at radius 2 is 2.23 bits per heavy atom. The van der Waals surface area contributed by atoms with E-state index in [1.165, 1.54) is 12.0 Å². The Morgan fingerprint density at radius 1 is 1.45 bits per heavy atom. The minimum Gasteiger partial charge on any atom is -0.463 e. The molecule has 0 aliphatic rings. The number of hydrogen-bond acceptors (Lipinski definition) is 5. The number of methoxy groups -OCH3 is 1.